The van der Waals surface area contributed by atoms with Gasteiger partial charge in [0.15, 0.2) is 17.1 Å². The van der Waals surface area contributed by atoms with E-state index in [1.807, 2.05) is 65.6 Å². The maximum Gasteiger partial charge on any atom is 0.246 e. The van der Waals surface area contributed by atoms with Crippen molar-refractivity contribution in [2.24, 2.45) is 0 Å². The summed E-state index contributed by atoms with van der Waals surface area (Å²) < 4.78 is 18.4. The molecule has 1 aliphatic rings. The number of para-hydroxylation sites is 2. The number of fused-ring (bicyclic) bond motifs is 1. The van der Waals surface area contributed by atoms with E-state index in [0.29, 0.717) is 37.7 Å². The van der Waals surface area contributed by atoms with Crippen molar-refractivity contribution in [3.63, 3.8) is 0 Å². The van der Waals surface area contributed by atoms with E-state index >= 15 is 0 Å². The first kappa shape index (κ1) is 27.8. The average molecular weight is 576 g/mol. The summed E-state index contributed by atoms with van der Waals surface area (Å²) in [5.74, 6) is 2.85. The Morgan fingerprint density at radius 2 is 1.51 bits per heavy atom. The number of piperazine rings is 1. The summed E-state index contributed by atoms with van der Waals surface area (Å²) in [6.07, 6.45) is 7.13. The second kappa shape index (κ2) is 12.3. The van der Waals surface area contributed by atoms with Crippen molar-refractivity contribution in [1.29, 1.82) is 0 Å². The lowest BCUT2D eigenvalue weighted by Crippen LogP contribution is -2.48. The summed E-state index contributed by atoms with van der Waals surface area (Å²) in [5, 5.41) is 0.965. The Hall–Kier alpha value is -5.31. The molecule has 5 aromatic rings. The Labute approximate surface area is 250 Å². The minimum Gasteiger partial charge on any atom is -0.495 e. The zero-order valence-electron chi connectivity index (χ0n) is 24.4. The number of carbonyl (C=O) groups excluding carboxylic acids is 1. The van der Waals surface area contributed by atoms with Crippen LogP contribution in [-0.2, 0) is 4.79 Å². The lowest BCUT2D eigenvalue weighted by Gasteiger charge is -2.35. The first-order chi connectivity index (χ1) is 21.1. The highest BCUT2D eigenvalue weighted by atomic mass is 16.5. The van der Waals surface area contributed by atoms with Crippen LogP contribution in [0.5, 0.6) is 17.2 Å². The molecule has 1 fully saturated rings. The number of nitrogens with zero attached hydrogens (tertiary/aromatic N) is 5. The van der Waals surface area contributed by atoms with Crippen molar-refractivity contribution in [2.75, 3.05) is 52.4 Å². The maximum atomic E-state index is 13.1. The minimum atomic E-state index is -0.0328. The molecule has 9 nitrogen and oxygen atoms in total. The fourth-order valence-electron chi connectivity index (χ4n) is 5.50. The number of carbonyl (C=O) groups is 1. The van der Waals surface area contributed by atoms with Crippen LogP contribution in [0.3, 0.4) is 0 Å². The van der Waals surface area contributed by atoms with Crippen LogP contribution in [0.1, 0.15) is 5.56 Å². The van der Waals surface area contributed by atoms with E-state index < -0.39 is 0 Å². The van der Waals surface area contributed by atoms with E-state index in [2.05, 4.69) is 27.8 Å². The number of anilines is 1. The number of amides is 1. The number of methoxy groups -OCH3 is 3. The number of hydrogen-bond acceptors (Lipinski definition) is 7. The van der Waals surface area contributed by atoms with Gasteiger partial charge >= 0.3 is 0 Å². The van der Waals surface area contributed by atoms with Crippen LogP contribution in [0.25, 0.3) is 33.9 Å². The average Bonchev–Trinajstić information content (AvgIpc) is 3.47. The van der Waals surface area contributed by atoms with Crippen LogP contribution in [-0.4, -0.2) is 72.9 Å². The highest BCUT2D eigenvalue weighted by Crippen LogP contribution is 2.38. The quantitative estimate of drug-likeness (QED) is 0.227. The monoisotopic (exact) mass is 575 g/mol. The van der Waals surface area contributed by atoms with Gasteiger partial charge in [0.1, 0.15) is 17.9 Å². The lowest BCUT2D eigenvalue weighted by atomic mass is 10.1. The molecule has 3 aromatic carbocycles. The minimum absolute atomic E-state index is 0.0328. The van der Waals surface area contributed by atoms with E-state index in [0.717, 1.165) is 45.0 Å². The third-order valence-electron chi connectivity index (χ3n) is 7.71. The van der Waals surface area contributed by atoms with Gasteiger partial charge in [-0.15, -0.1) is 0 Å². The van der Waals surface area contributed by atoms with E-state index in [1.54, 1.807) is 39.8 Å². The zero-order chi connectivity index (χ0) is 29.8. The molecule has 0 spiro atoms. The Kier molecular flexibility index (Phi) is 7.95. The van der Waals surface area contributed by atoms with Gasteiger partial charge in [0, 0.05) is 44.0 Å². The normalized spacial score (nSPS) is 13.5. The van der Waals surface area contributed by atoms with Crippen molar-refractivity contribution in [3.05, 3.63) is 97.0 Å². The van der Waals surface area contributed by atoms with Gasteiger partial charge in [0.05, 0.1) is 32.4 Å². The van der Waals surface area contributed by atoms with Crippen LogP contribution < -0.4 is 19.1 Å². The molecule has 0 saturated carbocycles. The molecule has 0 aliphatic carbocycles. The molecule has 9 heteroatoms. The number of aromatic nitrogens is 3. The molecule has 0 radical (unpaired) electrons. The molecule has 218 valence electrons. The molecule has 43 heavy (non-hydrogen) atoms. The fraction of sp³-hybridized carbons (Fsp3) is 0.206. The van der Waals surface area contributed by atoms with E-state index in [4.69, 9.17) is 24.2 Å². The van der Waals surface area contributed by atoms with E-state index in [9.17, 15) is 4.79 Å². The van der Waals surface area contributed by atoms with E-state index in [1.165, 1.54) is 0 Å². The summed E-state index contributed by atoms with van der Waals surface area (Å²) in [7, 11) is 4.87. The Bertz CT molecular complexity index is 1770. The number of hydrogen-bond donors (Lipinski definition) is 0. The van der Waals surface area contributed by atoms with Crippen LogP contribution in [0, 0.1) is 0 Å². The maximum absolute atomic E-state index is 13.1. The number of rotatable bonds is 8. The molecule has 1 amide bonds. The van der Waals surface area contributed by atoms with Gasteiger partial charge in [-0.05, 0) is 41.5 Å². The molecular weight excluding hydrogens is 542 g/mol. The SMILES string of the molecule is COc1ccc(/C=C/C(=O)N2CCN(c3ncnc4c3c(-c3ccccc3)cn4-c3ccccc3OC)CC2)cc1OC. The predicted molar refractivity (Wildman–Crippen MR) is 168 cm³/mol. The van der Waals surface area contributed by atoms with Crippen LogP contribution in [0.2, 0.25) is 0 Å². The molecule has 2 aromatic heterocycles. The molecule has 6 rings (SSSR count). The summed E-state index contributed by atoms with van der Waals surface area (Å²) in [4.78, 5) is 26.7. The zero-order valence-corrected chi connectivity index (χ0v) is 24.4. The molecule has 0 unspecified atom stereocenters. The predicted octanol–water partition coefficient (Wildman–Crippen LogP) is 5.48. The molecule has 0 bridgehead atoms. The van der Waals surface area contributed by atoms with Gasteiger partial charge in [-0.3, -0.25) is 9.36 Å². The second-order valence-electron chi connectivity index (χ2n) is 10.1. The first-order valence-electron chi connectivity index (χ1n) is 14.1. The molecule has 1 saturated heterocycles. The van der Waals surface area contributed by atoms with E-state index in [-0.39, 0.29) is 5.91 Å². The van der Waals surface area contributed by atoms with Crippen LogP contribution >= 0.6 is 0 Å². The Morgan fingerprint density at radius 1 is 0.791 bits per heavy atom. The van der Waals surface area contributed by atoms with Crippen molar-refractivity contribution < 1.29 is 19.0 Å². The third-order valence-corrected chi connectivity index (χ3v) is 7.71. The Morgan fingerprint density at radius 3 is 2.26 bits per heavy atom. The van der Waals surface area contributed by atoms with Gasteiger partial charge in [0.2, 0.25) is 5.91 Å². The lowest BCUT2D eigenvalue weighted by molar-refractivity contribution is -0.126. The Balaban J connectivity index is 1.27. The number of ether oxygens (including phenoxy) is 3. The highest BCUT2D eigenvalue weighted by Gasteiger charge is 2.26. The summed E-state index contributed by atoms with van der Waals surface area (Å²) >= 11 is 0. The van der Waals surface area contributed by atoms with Crippen LogP contribution in [0.15, 0.2) is 91.4 Å². The number of benzene rings is 3. The molecule has 1 aliphatic heterocycles. The fourth-order valence-corrected chi connectivity index (χ4v) is 5.50. The largest absolute Gasteiger partial charge is 0.495 e. The molecule has 3 heterocycles. The van der Waals surface area contributed by atoms with Crippen molar-refractivity contribution >= 4 is 28.8 Å². The second-order valence-corrected chi connectivity index (χ2v) is 10.1. The molecule has 0 N–H and O–H groups in total. The summed E-state index contributed by atoms with van der Waals surface area (Å²) in [5.41, 5.74) is 4.67. The molecule has 0 atom stereocenters. The van der Waals surface area contributed by atoms with Crippen molar-refractivity contribution in [1.82, 2.24) is 19.4 Å². The topological polar surface area (TPSA) is 82.0 Å². The summed E-state index contributed by atoms with van der Waals surface area (Å²) in [6, 6.07) is 23.8. The smallest absolute Gasteiger partial charge is 0.246 e. The van der Waals surface area contributed by atoms with Gasteiger partial charge in [-0.25, -0.2) is 9.97 Å². The standard InChI is InChI=1S/C34H33N5O4/c1-41-28-12-8-7-11-27(28)39-22-26(25-9-5-4-6-10-25)32-33(35-23-36-34(32)39)38-19-17-37(18-20-38)31(40)16-14-24-13-15-29(42-2)30(21-24)43-3/h4-16,21-23H,17-20H2,1-3H3/b16-14+. The van der Waals surface area contributed by atoms with Gasteiger partial charge < -0.3 is 24.0 Å². The first-order valence-corrected chi connectivity index (χ1v) is 14.1. The highest BCUT2D eigenvalue weighted by molar-refractivity contribution is 6.02. The molecular formula is C34H33N5O4. The van der Waals surface area contributed by atoms with Crippen molar-refractivity contribution in [2.45, 2.75) is 0 Å². The van der Waals surface area contributed by atoms with Crippen LogP contribution in [0.4, 0.5) is 5.82 Å². The third kappa shape index (κ3) is 5.49. The van der Waals surface area contributed by atoms with Gasteiger partial charge in [0.25, 0.3) is 0 Å². The van der Waals surface area contributed by atoms with Crippen molar-refractivity contribution in [3.8, 4) is 34.1 Å². The van der Waals surface area contributed by atoms with Gasteiger partial charge in [-0.1, -0.05) is 48.5 Å². The summed E-state index contributed by atoms with van der Waals surface area (Å²) in [6.45, 7) is 2.45. The van der Waals surface area contributed by atoms with Gasteiger partial charge in [-0.2, -0.15) is 0 Å².